The first-order valence-corrected chi connectivity index (χ1v) is 7.33. The van der Waals surface area contributed by atoms with Crippen LogP contribution >= 0.6 is 0 Å². The Kier molecular flexibility index (Phi) is 8.02. The molecule has 0 aromatic rings. The quantitative estimate of drug-likeness (QED) is 0.665. The molecule has 0 radical (unpaired) electrons. The summed E-state index contributed by atoms with van der Waals surface area (Å²) in [6, 6.07) is -0.227. The third-order valence-corrected chi connectivity index (χ3v) is 3.43. The van der Waals surface area contributed by atoms with Crippen molar-refractivity contribution < 1.29 is 14.3 Å². The number of nitrogens with one attached hydrogen (secondary N) is 1. The fourth-order valence-electron chi connectivity index (χ4n) is 2.47. The molecule has 1 N–H and O–H groups in total. The van der Waals surface area contributed by atoms with E-state index in [2.05, 4.69) is 17.3 Å². The molecule has 1 aliphatic rings. The fraction of sp³-hybridized carbons (Fsp3) is 0.929. The van der Waals surface area contributed by atoms with Crippen molar-refractivity contribution >= 4 is 5.97 Å². The molecule has 5 heteroatoms. The van der Waals surface area contributed by atoms with Gasteiger partial charge in [0.1, 0.15) is 6.04 Å². The lowest BCUT2D eigenvalue weighted by Gasteiger charge is -2.29. The minimum Gasteiger partial charge on any atom is -0.465 e. The molecule has 0 bridgehead atoms. The summed E-state index contributed by atoms with van der Waals surface area (Å²) in [7, 11) is 2.07. The van der Waals surface area contributed by atoms with E-state index in [1.165, 1.54) is 0 Å². The summed E-state index contributed by atoms with van der Waals surface area (Å²) < 4.78 is 10.5. The summed E-state index contributed by atoms with van der Waals surface area (Å²) in [6.45, 7) is 8.51. The van der Waals surface area contributed by atoms with E-state index in [9.17, 15) is 4.79 Å². The number of ether oxygens (including phenoxy) is 2. The zero-order valence-electron chi connectivity index (χ0n) is 12.5. The lowest BCUT2D eigenvalue weighted by molar-refractivity contribution is -0.146. The van der Waals surface area contributed by atoms with Gasteiger partial charge in [-0.15, -0.1) is 0 Å². The predicted octanol–water partition coefficient (Wildman–Crippen LogP) is 0.886. The molecule has 0 amide bonds. The number of esters is 1. The summed E-state index contributed by atoms with van der Waals surface area (Å²) in [5.41, 5.74) is 0. The highest BCUT2D eigenvalue weighted by atomic mass is 16.5. The summed E-state index contributed by atoms with van der Waals surface area (Å²) in [6.07, 6.45) is 2.24. The van der Waals surface area contributed by atoms with Crippen LogP contribution in [0.1, 0.15) is 26.7 Å². The molecule has 0 aliphatic carbocycles. The average Bonchev–Trinajstić information content (AvgIpc) is 2.39. The predicted molar refractivity (Wildman–Crippen MR) is 75.1 cm³/mol. The number of carbonyl (C=O) groups is 1. The topological polar surface area (TPSA) is 50.8 Å². The van der Waals surface area contributed by atoms with Crippen LogP contribution in [-0.2, 0) is 14.3 Å². The van der Waals surface area contributed by atoms with E-state index in [1.54, 1.807) is 0 Å². The van der Waals surface area contributed by atoms with Crippen molar-refractivity contribution in [1.82, 2.24) is 10.2 Å². The van der Waals surface area contributed by atoms with Crippen molar-refractivity contribution in [2.75, 3.05) is 46.5 Å². The molecule has 1 saturated heterocycles. The van der Waals surface area contributed by atoms with Crippen LogP contribution in [0.2, 0.25) is 0 Å². The Balaban J connectivity index is 2.36. The number of hydrogen-bond acceptors (Lipinski definition) is 5. The van der Waals surface area contributed by atoms with Crippen molar-refractivity contribution in [1.29, 1.82) is 0 Å². The summed E-state index contributed by atoms with van der Waals surface area (Å²) in [5, 5.41) is 3.19. The minimum atomic E-state index is -0.227. The molecule has 19 heavy (non-hydrogen) atoms. The van der Waals surface area contributed by atoms with Crippen molar-refractivity contribution in [3.05, 3.63) is 0 Å². The van der Waals surface area contributed by atoms with Gasteiger partial charge in [-0.1, -0.05) is 6.92 Å². The zero-order chi connectivity index (χ0) is 14.1. The van der Waals surface area contributed by atoms with Gasteiger partial charge in [0.2, 0.25) is 0 Å². The van der Waals surface area contributed by atoms with E-state index in [0.717, 1.165) is 39.1 Å². The van der Waals surface area contributed by atoms with E-state index in [1.807, 2.05) is 13.8 Å². The van der Waals surface area contributed by atoms with E-state index >= 15 is 0 Å². The van der Waals surface area contributed by atoms with Crippen LogP contribution in [-0.4, -0.2) is 63.4 Å². The first-order valence-electron chi connectivity index (χ1n) is 7.33. The number of likely N-dealkylation sites (N-methyl/N-ethyl adjacent to an activating group) is 2. The second-order valence-corrected chi connectivity index (χ2v) is 5.14. The Morgan fingerprint density at radius 2 is 2.11 bits per heavy atom. The largest absolute Gasteiger partial charge is 0.465 e. The Morgan fingerprint density at radius 1 is 1.42 bits per heavy atom. The molecule has 0 saturated carbocycles. The lowest BCUT2D eigenvalue weighted by Crippen LogP contribution is -2.47. The van der Waals surface area contributed by atoms with Crippen molar-refractivity contribution in [2.45, 2.75) is 32.7 Å². The maximum Gasteiger partial charge on any atom is 0.324 e. The first kappa shape index (κ1) is 16.4. The van der Waals surface area contributed by atoms with E-state index in [-0.39, 0.29) is 12.0 Å². The third-order valence-electron chi connectivity index (χ3n) is 3.43. The van der Waals surface area contributed by atoms with Gasteiger partial charge >= 0.3 is 5.97 Å². The molecule has 1 rings (SSSR count). The lowest BCUT2D eigenvalue weighted by atomic mass is 10.00. The Labute approximate surface area is 116 Å². The maximum absolute atomic E-state index is 11.8. The minimum absolute atomic E-state index is 0.150. The van der Waals surface area contributed by atoms with Crippen LogP contribution < -0.4 is 5.32 Å². The van der Waals surface area contributed by atoms with Crippen LogP contribution in [0.25, 0.3) is 0 Å². The van der Waals surface area contributed by atoms with Gasteiger partial charge in [0.15, 0.2) is 0 Å². The molecular formula is C14H28N2O3. The smallest absolute Gasteiger partial charge is 0.324 e. The molecule has 0 aromatic heterocycles. The van der Waals surface area contributed by atoms with Crippen LogP contribution in [0, 0.1) is 5.92 Å². The number of carbonyl (C=O) groups excluding carboxylic acids is 1. The van der Waals surface area contributed by atoms with Gasteiger partial charge in [0.25, 0.3) is 0 Å². The first-order chi connectivity index (χ1) is 9.17. The van der Waals surface area contributed by atoms with Gasteiger partial charge in [-0.05, 0) is 39.3 Å². The highest BCUT2D eigenvalue weighted by Crippen LogP contribution is 2.15. The number of nitrogens with zero attached hydrogens (tertiary/aromatic N) is 1. The molecular weight excluding hydrogens is 244 g/mol. The Bertz CT molecular complexity index is 255. The zero-order valence-corrected chi connectivity index (χ0v) is 12.5. The van der Waals surface area contributed by atoms with Gasteiger partial charge in [-0.25, -0.2) is 0 Å². The Morgan fingerprint density at radius 3 is 2.68 bits per heavy atom. The highest BCUT2D eigenvalue weighted by molar-refractivity contribution is 5.76. The van der Waals surface area contributed by atoms with Crippen LogP contribution in [0.4, 0.5) is 0 Å². The second kappa shape index (κ2) is 9.28. The highest BCUT2D eigenvalue weighted by Gasteiger charge is 2.22. The van der Waals surface area contributed by atoms with Crippen LogP contribution in [0.5, 0.6) is 0 Å². The van der Waals surface area contributed by atoms with Crippen LogP contribution in [0.3, 0.4) is 0 Å². The van der Waals surface area contributed by atoms with Gasteiger partial charge < -0.3 is 19.7 Å². The van der Waals surface area contributed by atoms with Crippen molar-refractivity contribution in [3.8, 4) is 0 Å². The van der Waals surface area contributed by atoms with Crippen molar-refractivity contribution in [3.63, 3.8) is 0 Å². The molecule has 1 aliphatic heterocycles. The van der Waals surface area contributed by atoms with Gasteiger partial charge in [0, 0.05) is 26.3 Å². The van der Waals surface area contributed by atoms with E-state index < -0.39 is 0 Å². The number of hydrogen-bond donors (Lipinski definition) is 1. The molecule has 1 heterocycles. The maximum atomic E-state index is 11.8. The summed E-state index contributed by atoms with van der Waals surface area (Å²) in [4.78, 5) is 14.1. The fourth-order valence-corrected chi connectivity index (χ4v) is 2.47. The van der Waals surface area contributed by atoms with Gasteiger partial charge in [-0.3, -0.25) is 4.79 Å². The molecule has 112 valence electrons. The number of rotatable bonds is 8. The monoisotopic (exact) mass is 272 g/mol. The molecule has 1 fully saturated rings. The summed E-state index contributed by atoms with van der Waals surface area (Å²) >= 11 is 0. The van der Waals surface area contributed by atoms with E-state index in [4.69, 9.17) is 9.47 Å². The van der Waals surface area contributed by atoms with Gasteiger partial charge in [-0.2, -0.15) is 0 Å². The molecule has 0 spiro atoms. The normalized spacial score (nSPS) is 18.5. The van der Waals surface area contributed by atoms with Crippen LogP contribution in [0.15, 0.2) is 0 Å². The molecule has 0 aromatic carbocycles. The average molecular weight is 272 g/mol. The van der Waals surface area contributed by atoms with Gasteiger partial charge in [0.05, 0.1) is 6.61 Å². The second-order valence-electron chi connectivity index (χ2n) is 5.14. The third kappa shape index (κ3) is 6.36. The van der Waals surface area contributed by atoms with E-state index in [0.29, 0.717) is 19.1 Å². The Hall–Kier alpha value is -0.650. The summed E-state index contributed by atoms with van der Waals surface area (Å²) in [5.74, 6) is 0.534. The molecule has 1 unspecified atom stereocenters. The SMILES string of the molecule is CCNC(CN(C)CC1CCOCC1)C(=O)OCC. The standard InChI is InChI=1S/C14H28N2O3/c1-4-15-13(14(17)19-5-2)11-16(3)10-12-6-8-18-9-7-12/h12-13,15H,4-11H2,1-3H3. The van der Waals surface area contributed by atoms with Crippen molar-refractivity contribution in [2.24, 2.45) is 5.92 Å². The molecule has 5 nitrogen and oxygen atoms in total. The molecule has 1 atom stereocenters.